The Balaban J connectivity index is 0.00000288. The molecular formula is C15H18ClF3N4O. The van der Waals surface area contributed by atoms with E-state index in [0.29, 0.717) is 12.1 Å². The molecule has 5 nitrogen and oxygen atoms in total. The lowest BCUT2D eigenvalue weighted by Gasteiger charge is -2.13. The molecule has 0 fully saturated rings. The number of hydrogen-bond acceptors (Lipinski definition) is 3. The molecule has 1 aromatic heterocycles. The van der Waals surface area contributed by atoms with Gasteiger partial charge in [-0.15, -0.1) is 12.4 Å². The molecule has 0 bridgehead atoms. The van der Waals surface area contributed by atoms with Gasteiger partial charge in [-0.2, -0.15) is 18.3 Å². The van der Waals surface area contributed by atoms with E-state index in [1.54, 1.807) is 0 Å². The molecule has 0 aliphatic heterocycles. The molecule has 1 unspecified atom stereocenters. The van der Waals surface area contributed by atoms with Gasteiger partial charge in [0.15, 0.2) is 0 Å². The summed E-state index contributed by atoms with van der Waals surface area (Å²) in [5, 5.41) is 6.31. The van der Waals surface area contributed by atoms with Gasteiger partial charge < -0.3 is 11.1 Å². The number of alkyl halides is 3. The van der Waals surface area contributed by atoms with E-state index in [4.69, 9.17) is 5.73 Å². The number of carbonyl (C=O) groups is 1. The third kappa shape index (κ3) is 4.72. The van der Waals surface area contributed by atoms with E-state index in [2.05, 4.69) is 10.4 Å². The molecule has 132 valence electrons. The zero-order valence-electron chi connectivity index (χ0n) is 12.9. The smallest absolute Gasteiger partial charge is 0.325 e. The number of hydrogen-bond donors (Lipinski definition) is 2. The first-order chi connectivity index (χ1) is 10.8. The Bertz CT molecular complexity index is 670. The average Bonchev–Trinajstić information content (AvgIpc) is 2.98. The maximum atomic E-state index is 12.8. The number of carbonyl (C=O) groups excluding carboxylic acids is 1. The van der Waals surface area contributed by atoms with E-state index in [0.717, 1.165) is 23.4 Å². The molecule has 3 N–H and O–H groups in total. The molecule has 0 aliphatic rings. The predicted molar refractivity (Wildman–Crippen MR) is 87.3 cm³/mol. The molecule has 0 radical (unpaired) electrons. The van der Waals surface area contributed by atoms with Crippen LogP contribution in [-0.2, 0) is 11.0 Å². The van der Waals surface area contributed by atoms with E-state index >= 15 is 0 Å². The topological polar surface area (TPSA) is 72.9 Å². The van der Waals surface area contributed by atoms with Crippen LogP contribution in [0.4, 0.5) is 18.9 Å². The standard InChI is InChI=1S/C15H17F3N4O.ClH/c1-2-3-12(19)14(23)21-10-4-6-11(7-5-10)22-13(8-9-20-22)15(16,17)18;/h4-9,12H,2-3,19H2,1H3,(H,21,23);1H. The molecule has 0 saturated heterocycles. The van der Waals surface area contributed by atoms with Crippen LogP contribution in [-0.4, -0.2) is 21.7 Å². The molecule has 0 saturated carbocycles. The van der Waals surface area contributed by atoms with Crippen LogP contribution in [0, 0.1) is 0 Å². The molecule has 1 atom stereocenters. The highest BCUT2D eigenvalue weighted by molar-refractivity contribution is 5.94. The number of nitrogens with one attached hydrogen (secondary N) is 1. The fourth-order valence-electron chi connectivity index (χ4n) is 2.09. The van der Waals surface area contributed by atoms with Crippen LogP contribution in [0.1, 0.15) is 25.5 Å². The minimum Gasteiger partial charge on any atom is -0.325 e. The summed E-state index contributed by atoms with van der Waals surface area (Å²) in [6.45, 7) is 1.92. The van der Waals surface area contributed by atoms with Crippen molar-refractivity contribution >= 4 is 24.0 Å². The van der Waals surface area contributed by atoms with Gasteiger partial charge in [0, 0.05) is 5.69 Å². The van der Waals surface area contributed by atoms with Gasteiger partial charge >= 0.3 is 6.18 Å². The normalized spacial score (nSPS) is 12.4. The lowest BCUT2D eigenvalue weighted by atomic mass is 10.1. The second-order valence-electron chi connectivity index (χ2n) is 5.06. The summed E-state index contributed by atoms with van der Waals surface area (Å²) < 4.78 is 39.3. The molecule has 1 aromatic carbocycles. The summed E-state index contributed by atoms with van der Waals surface area (Å²) in [5.74, 6) is -0.324. The van der Waals surface area contributed by atoms with E-state index in [9.17, 15) is 18.0 Å². The fourth-order valence-corrected chi connectivity index (χ4v) is 2.09. The second-order valence-corrected chi connectivity index (χ2v) is 5.06. The average molecular weight is 363 g/mol. The van der Waals surface area contributed by atoms with Crippen LogP contribution in [0.2, 0.25) is 0 Å². The van der Waals surface area contributed by atoms with Gasteiger partial charge in [-0.3, -0.25) is 4.79 Å². The Hall–Kier alpha value is -2.06. The first-order valence-electron chi connectivity index (χ1n) is 7.11. The summed E-state index contributed by atoms with van der Waals surface area (Å²) >= 11 is 0. The van der Waals surface area contributed by atoms with E-state index < -0.39 is 17.9 Å². The summed E-state index contributed by atoms with van der Waals surface area (Å²) in [5.41, 5.74) is 5.55. The third-order valence-electron chi connectivity index (χ3n) is 3.25. The lowest BCUT2D eigenvalue weighted by molar-refractivity contribution is -0.142. The number of rotatable bonds is 5. The zero-order chi connectivity index (χ0) is 17.0. The summed E-state index contributed by atoms with van der Waals surface area (Å²) in [6, 6.07) is 6.20. The van der Waals surface area contributed by atoms with Crippen molar-refractivity contribution in [3.63, 3.8) is 0 Å². The number of amides is 1. The van der Waals surface area contributed by atoms with Crippen molar-refractivity contribution in [2.45, 2.75) is 32.0 Å². The van der Waals surface area contributed by atoms with E-state index in [1.807, 2.05) is 6.92 Å². The Morgan fingerprint density at radius 3 is 2.46 bits per heavy atom. The lowest BCUT2D eigenvalue weighted by Crippen LogP contribution is -2.35. The van der Waals surface area contributed by atoms with Gasteiger partial charge in [0.25, 0.3) is 0 Å². The van der Waals surface area contributed by atoms with Gasteiger partial charge in [-0.05, 0) is 36.8 Å². The third-order valence-corrected chi connectivity index (χ3v) is 3.25. The van der Waals surface area contributed by atoms with Gasteiger partial charge in [-0.1, -0.05) is 13.3 Å². The number of aromatic nitrogens is 2. The number of halogens is 4. The Morgan fingerprint density at radius 1 is 1.29 bits per heavy atom. The van der Waals surface area contributed by atoms with Crippen LogP contribution >= 0.6 is 12.4 Å². The Morgan fingerprint density at radius 2 is 1.92 bits per heavy atom. The molecule has 0 spiro atoms. The SMILES string of the molecule is CCCC(N)C(=O)Nc1ccc(-n2nccc2C(F)(F)F)cc1.Cl. The van der Waals surface area contributed by atoms with Crippen molar-refractivity contribution in [2.24, 2.45) is 5.73 Å². The fraction of sp³-hybridized carbons (Fsp3) is 0.333. The molecule has 0 aliphatic carbocycles. The van der Waals surface area contributed by atoms with Crippen LogP contribution in [0.25, 0.3) is 5.69 Å². The predicted octanol–water partition coefficient (Wildman–Crippen LogP) is 3.38. The highest BCUT2D eigenvalue weighted by Crippen LogP contribution is 2.30. The van der Waals surface area contributed by atoms with Crippen LogP contribution in [0.5, 0.6) is 0 Å². The monoisotopic (exact) mass is 362 g/mol. The molecule has 2 rings (SSSR count). The highest BCUT2D eigenvalue weighted by Gasteiger charge is 2.35. The van der Waals surface area contributed by atoms with Gasteiger partial charge in [0.05, 0.1) is 17.9 Å². The van der Waals surface area contributed by atoms with Crippen LogP contribution in [0.15, 0.2) is 36.5 Å². The largest absolute Gasteiger partial charge is 0.433 e. The molecule has 9 heteroatoms. The first-order valence-corrected chi connectivity index (χ1v) is 7.11. The van der Waals surface area contributed by atoms with E-state index in [-0.39, 0.29) is 24.0 Å². The molecule has 1 amide bonds. The number of anilines is 1. The first kappa shape index (κ1) is 20.0. The van der Waals surface area contributed by atoms with Crippen molar-refractivity contribution in [2.75, 3.05) is 5.32 Å². The van der Waals surface area contributed by atoms with Gasteiger partial charge in [-0.25, -0.2) is 4.68 Å². The molecule has 2 aromatic rings. The number of nitrogens with zero attached hydrogens (tertiary/aromatic N) is 2. The Labute approximate surface area is 143 Å². The van der Waals surface area contributed by atoms with Crippen LogP contribution < -0.4 is 11.1 Å². The molecule has 24 heavy (non-hydrogen) atoms. The van der Waals surface area contributed by atoms with Gasteiger partial charge in [0.1, 0.15) is 5.69 Å². The van der Waals surface area contributed by atoms with Gasteiger partial charge in [0.2, 0.25) is 5.91 Å². The van der Waals surface area contributed by atoms with E-state index in [1.165, 1.54) is 24.3 Å². The summed E-state index contributed by atoms with van der Waals surface area (Å²) in [7, 11) is 0. The molecular weight excluding hydrogens is 345 g/mol. The second kappa shape index (κ2) is 8.16. The molecule has 1 heterocycles. The van der Waals surface area contributed by atoms with Crippen molar-refractivity contribution in [3.05, 3.63) is 42.2 Å². The summed E-state index contributed by atoms with van der Waals surface area (Å²) in [4.78, 5) is 11.8. The minimum absolute atomic E-state index is 0. The highest BCUT2D eigenvalue weighted by atomic mass is 35.5. The minimum atomic E-state index is -4.49. The van der Waals surface area contributed by atoms with Crippen molar-refractivity contribution in [1.29, 1.82) is 0 Å². The van der Waals surface area contributed by atoms with Crippen molar-refractivity contribution < 1.29 is 18.0 Å². The zero-order valence-corrected chi connectivity index (χ0v) is 13.7. The van der Waals surface area contributed by atoms with Crippen molar-refractivity contribution in [1.82, 2.24) is 9.78 Å². The van der Waals surface area contributed by atoms with Crippen LogP contribution in [0.3, 0.4) is 0 Å². The quantitative estimate of drug-likeness (QED) is 0.856. The Kier molecular flexibility index (Phi) is 6.80. The number of benzene rings is 1. The maximum absolute atomic E-state index is 12.8. The van der Waals surface area contributed by atoms with Crippen molar-refractivity contribution in [3.8, 4) is 5.69 Å². The number of nitrogens with two attached hydrogens (primary N) is 1. The summed E-state index contributed by atoms with van der Waals surface area (Å²) in [6.07, 6.45) is -2.06. The maximum Gasteiger partial charge on any atom is 0.433 e.